The van der Waals surface area contributed by atoms with Gasteiger partial charge in [0.1, 0.15) is 5.54 Å². The molecule has 0 aromatic carbocycles. The molecule has 1 N–H and O–H groups in total. The lowest BCUT2D eigenvalue weighted by Crippen LogP contribution is -2.46. The zero-order chi connectivity index (χ0) is 13.3. The Kier molecular flexibility index (Phi) is 4.22. The molecule has 0 amide bonds. The van der Waals surface area contributed by atoms with Crippen molar-refractivity contribution in [1.29, 1.82) is 5.26 Å². The number of hydrogen-bond donors (Lipinski definition) is 1. The normalized spacial score (nSPS) is 31.5. The van der Waals surface area contributed by atoms with Gasteiger partial charge in [0.2, 0.25) is 0 Å². The summed E-state index contributed by atoms with van der Waals surface area (Å²) in [5.74, 6) is 0. The second-order valence-electron chi connectivity index (χ2n) is 6.55. The first-order chi connectivity index (χ1) is 7.75. The average molecular weight is 237 g/mol. The van der Waals surface area contributed by atoms with E-state index < -0.39 is 0 Å². The van der Waals surface area contributed by atoms with Gasteiger partial charge in [0.25, 0.3) is 0 Å². The van der Waals surface area contributed by atoms with Crippen molar-refractivity contribution in [3.05, 3.63) is 0 Å². The van der Waals surface area contributed by atoms with Crippen molar-refractivity contribution in [2.24, 2.45) is 5.41 Å². The summed E-state index contributed by atoms with van der Waals surface area (Å²) in [4.78, 5) is 2.45. The van der Waals surface area contributed by atoms with Gasteiger partial charge in [-0.15, -0.1) is 0 Å². The van der Waals surface area contributed by atoms with Crippen molar-refractivity contribution in [1.82, 2.24) is 10.2 Å². The molecule has 17 heavy (non-hydrogen) atoms. The molecule has 1 saturated carbocycles. The number of nitriles is 1. The van der Waals surface area contributed by atoms with Crippen LogP contribution in [0.5, 0.6) is 0 Å². The number of nitrogens with zero attached hydrogens (tertiary/aromatic N) is 2. The van der Waals surface area contributed by atoms with Gasteiger partial charge in [-0.25, -0.2) is 0 Å². The van der Waals surface area contributed by atoms with Crippen LogP contribution in [0, 0.1) is 16.7 Å². The molecule has 0 radical (unpaired) electrons. The summed E-state index contributed by atoms with van der Waals surface area (Å²) in [6, 6.07) is 3.50. The van der Waals surface area contributed by atoms with Crippen molar-refractivity contribution in [2.75, 3.05) is 14.1 Å². The van der Waals surface area contributed by atoms with Gasteiger partial charge in [0.15, 0.2) is 0 Å². The van der Waals surface area contributed by atoms with Crippen LogP contribution < -0.4 is 5.32 Å². The lowest BCUT2D eigenvalue weighted by atomic mass is 9.86. The van der Waals surface area contributed by atoms with Crippen LogP contribution in [-0.2, 0) is 0 Å². The van der Waals surface area contributed by atoms with Gasteiger partial charge < -0.3 is 10.2 Å². The fraction of sp³-hybridized carbons (Fsp3) is 0.929. The maximum absolute atomic E-state index is 9.28. The van der Waals surface area contributed by atoms with Gasteiger partial charge in [0, 0.05) is 12.1 Å². The molecule has 3 atom stereocenters. The molecule has 0 spiro atoms. The van der Waals surface area contributed by atoms with Crippen molar-refractivity contribution >= 4 is 0 Å². The average Bonchev–Trinajstić information content (AvgIpc) is 2.71. The van der Waals surface area contributed by atoms with Crippen LogP contribution >= 0.6 is 0 Å². The van der Waals surface area contributed by atoms with Crippen molar-refractivity contribution in [3.63, 3.8) is 0 Å². The third kappa shape index (κ3) is 3.00. The predicted molar refractivity (Wildman–Crippen MR) is 71.7 cm³/mol. The molecule has 0 aromatic heterocycles. The molecule has 0 aliphatic heterocycles. The van der Waals surface area contributed by atoms with Crippen LogP contribution in [0.2, 0.25) is 0 Å². The largest absolute Gasteiger partial charge is 0.302 e. The zero-order valence-corrected chi connectivity index (χ0v) is 12.2. The molecule has 3 unspecified atom stereocenters. The van der Waals surface area contributed by atoms with E-state index in [1.807, 2.05) is 7.05 Å². The SMILES string of the molecule is CNC1(C#N)CCC(N(C)C(C)C(C)(C)C)C1. The van der Waals surface area contributed by atoms with Crippen LogP contribution in [0.4, 0.5) is 0 Å². The van der Waals surface area contributed by atoms with Crippen molar-refractivity contribution in [3.8, 4) is 6.07 Å². The summed E-state index contributed by atoms with van der Waals surface area (Å²) in [6.45, 7) is 9.11. The molecular formula is C14H27N3. The molecule has 0 bridgehead atoms. The summed E-state index contributed by atoms with van der Waals surface area (Å²) >= 11 is 0. The minimum atomic E-state index is -0.295. The summed E-state index contributed by atoms with van der Waals surface area (Å²) in [5.41, 5.74) is -0.0111. The second-order valence-corrected chi connectivity index (χ2v) is 6.55. The maximum Gasteiger partial charge on any atom is 0.108 e. The van der Waals surface area contributed by atoms with Crippen LogP contribution in [0.25, 0.3) is 0 Å². The molecule has 98 valence electrons. The highest BCUT2D eigenvalue weighted by atomic mass is 15.2. The Morgan fingerprint density at radius 3 is 2.41 bits per heavy atom. The minimum Gasteiger partial charge on any atom is -0.302 e. The molecule has 1 aliphatic carbocycles. The lowest BCUT2D eigenvalue weighted by Gasteiger charge is -2.39. The highest BCUT2D eigenvalue weighted by Gasteiger charge is 2.41. The second kappa shape index (κ2) is 4.96. The van der Waals surface area contributed by atoms with Crippen LogP contribution in [0.1, 0.15) is 47.0 Å². The van der Waals surface area contributed by atoms with Gasteiger partial charge in [-0.1, -0.05) is 20.8 Å². The van der Waals surface area contributed by atoms with E-state index >= 15 is 0 Å². The summed E-state index contributed by atoms with van der Waals surface area (Å²) in [7, 11) is 4.10. The first-order valence-corrected chi connectivity index (χ1v) is 6.58. The first kappa shape index (κ1) is 14.5. The highest BCUT2D eigenvalue weighted by Crippen LogP contribution is 2.35. The first-order valence-electron chi connectivity index (χ1n) is 6.58. The third-order valence-corrected chi connectivity index (χ3v) is 4.62. The maximum atomic E-state index is 9.28. The van der Waals surface area contributed by atoms with E-state index in [1.165, 1.54) is 0 Å². The third-order valence-electron chi connectivity index (χ3n) is 4.62. The Morgan fingerprint density at radius 2 is 2.06 bits per heavy atom. The van der Waals surface area contributed by atoms with Crippen molar-refractivity contribution < 1.29 is 0 Å². The Morgan fingerprint density at radius 1 is 1.47 bits per heavy atom. The molecule has 1 rings (SSSR count). The Labute approximate surface area is 106 Å². The van der Waals surface area contributed by atoms with E-state index in [2.05, 4.69) is 51.0 Å². The lowest BCUT2D eigenvalue weighted by molar-refractivity contribution is 0.0970. The Balaban J connectivity index is 2.69. The van der Waals surface area contributed by atoms with Crippen LogP contribution in [0.15, 0.2) is 0 Å². The number of hydrogen-bond acceptors (Lipinski definition) is 3. The number of rotatable bonds is 3. The fourth-order valence-electron chi connectivity index (χ4n) is 2.68. The fourth-order valence-corrected chi connectivity index (χ4v) is 2.68. The van der Waals surface area contributed by atoms with Crippen LogP contribution in [0.3, 0.4) is 0 Å². The summed E-state index contributed by atoms with van der Waals surface area (Å²) in [6.07, 6.45) is 3.02. The van der Waals surface area contributed by atoms with Crippen molar-refractivity contribution in [2.45, 2.75) is 64.6 Å². The van der Waals surface area contributed by atoms with E-state index in [0.29, 0.717) is 12.1 Å². The molecule has 1 fully saturated rings. The predicted octanol–water partition coefficient (Wildman–Crippen LogP) is 2.39. The number of nitrogens with one attached hydrogen (secondary N) is 1. The standard InChI is InChI=1S/C14H27N3/c1-11(13(2,3)4)17(6)12-7-8-14(9-12,10-15)16-5/h11-12,16H,7-9H2,1-6H3. The summed E-state index contributed by atoms with van der Waals surface area (Å²) in [5, 5.41) is 12.5. The van der Waals surface area contributed by atoms with Gasteiger partial charge in [-0.05, 0) is 45.7 Å². The van der Waals surface area contributed by atoms with E-state index in [-0.39, 0.29) is 11.0 Å². The molecule has 3 nitrogen and oxygen atoms in total. The molecule has 0 heterocycles. The molecule has 1 aliphatic rings. The molecule has 0 aromatic rings. The zero-order valence-electron chi connectivity index (χ0n) is 12.2. The molecular weight excluding hydrogens is 210 g/mol. The van der Waals surface area contributed by atoms with Gasteiger partial charge in [-0.2, -0.15) is 5.26 Å². The minimum absolute atomic E-state index is 0.284. The highest BCUT2D eigenvalue weighted by molar-refractivity contribution is 5.13. The van der Waals surface area contributed by atoms with E-state index in [1.54, 1.807) is 0 Å². The van der Waals surface area contributed by atoms with E-state index in [9.17, 15) is 5.26 Å². The van der Waals surface area contributed by atoms with E-state index in [4.69, 9.17) is 0 Å². The van der Waals surface area contributed by atoms with Crippen LogP contribution in [-0.4, -0.2) is 36.6 Å². The van der Waals surface area contributed by atoms with Gasteiger partial charge in [0.05, 0.1) is 6.07 Å². The summed E-state index contributed by atoms with van der Waals surface area (Å²) < 4.78 is 0. The quantitative estimate of drug-likeness (QED) is 0.819. The van der Waals surface area contributed by atoms with Gasteiger partial charge >= 0.3 is 0 Å². The molecule has 0 saturated heterocycles. The molecule has 3 heteroatoms. The van der Waals surface area contributed by atoms with E-state index in [0.717, 1.165) is 19.3 Å². The Hall–Kier alpha value is -0.590. The Bertz CT molecular complexity index is 300. The smallest absolute Gasteiger partial charge is 0.108 e. The topological polar surface area (TPSA) is 39.1 Å². The van der Waals surface area contributed by atoms with Gasteiger partial charge in [-0.3, -0.25) is 0 Å². The monoisotopic (exact) mass is 237 g/mol.